The van der Waals surface area contributed by atoms with Gasteiger partial charge in [-0.2, -0.15) is 18.2 Å². The lowest BCUT2D eigenvalue weighted by Gasteiger charge is -2.39. The van der Waals surface area contributed by atoms with Crippen LogP contribution in [0.5, 0.6) is 5.88 Å². The molecule has 0 bridgehead atoms. The number of hydrogen-bond acceptors (Lipinski definition) is 13. The SMILES string of the molecule is CC1(C)CCC(CN2CCN(c3ccc(C(=O)NS(=O)(=O)c4ccc(NC[C@H]5COCCO5)c([N+](=O)[O-])c4)c(N4CCCOc5nc6[nH]ccc6cc54)c3)CC2)=C(c2ccc(Cl)c(C(F)(F)F)c2)C1. The van der Waals surface area contributed by atoms with E-state index >= 15 is 0 Å². The van der Waals surface area contributed by atoms with E-state index in [9.17, 15) is 36.5 Å². The van der Waals surface area contributed by atoms with E-state index in [1.54, 1.807) is 24.4 Å². The van der Waals surface area contributed by atoms with Crippen LogP contribution in [0.2, 0.25) is 5.02 Å². The molecule has 1 aliphatic carbocycles. The molecule has 2 fully saturated rings. The Hall–Kier alpha value is -5.93. The summed E-state index contributed by atoms with van der Waals surface area (Å²) in [4.78, 5) is 39.6. The zero-order valence-corrected chi connectivity index (χ0v) is 39.6. The van der Waals surface area contributed by atoms with Crippen LogP contribution in [0, 0.1) is 15.5 Å². The largest absolute Gasteiger partial charge is 0.476 e. The van der Waals surface area contributed by atoms with E-state index in [1.165, 1.54) is 24.3 Å². The summed E-state index contributed by atoms with van der Waals surface area (Å²) in [5.41, 5.74) is 3.59. The third kappa shape index (κ3) is 10.6. The van der Waals surface area contributed by atoms with Crippen molar-refractivity contribution in [2.45, 2.75) is 56.7 Å². The highest BCUT2D eigenvalue weighted by atomic mass is 35.5. The molecule has 21 heteroatoms. The maximum absolute atomic E-state index is 14.4. The predicted molar refractivity (Wildman–Crippen MR) is 256 cm³/mol. The van der Waals surface area contributed by atoms with Gasteiger partial charge in [0.25, 0.3) is 21.6 Å². The number of rotatable bonds is 12. The first-order valence-electron chi connectivity index (χ1n) is 22.8. The molecular formula is C48H52ClF3N8O8S. The number of nitro benzene ring substituents is 1. The Morgan fingerprint density at radius 3 is 2.57 bits per heavy atom. The molecule has 0 radical (unpaired) electrons. The number of amides is 1. The molecule has 0 saturated carbocycles. The predicted octanol–water partition coefficient (Wildman–Crippen LogP) is 8.80. The third-order valence-electron chi connectivity index (χ3n) is 13.1. The van der Waals surface area contributed by atoms with Gasteiger partial charge in [0.1, 0.15) is 17.0 Å². The van der Waals surface area contributed by atoms with Gasteiger partial charge < -0.3 is 34.3 Å². The smallest absolute Gasteiger partial charge is 0.417 e. The number of benzene rings is 3. The zero-order chi connectivity index (χ0) is 48.7. The van der Waals surface area contributed by atoms with Gasteiger partial charge in [-0.25, -0.2) is 13.1 Å². The lowest BCUT2D eigenvalue weighted by Crippen LogP contribution is -2.47. The first-order valence-corrected chi connectivity index (χ1v) is 24.7. The molecule has 1 atom stereocenters. The number of nitro groups is 1. The van der Waals surface area contributed by atoms with E-state index < -0.39 is 43.2 Å². The highest BCUT2D eigenvalue weighted by Gasteiger charge is 2.36. The lowest BCUT2D eigenvalue weighted by molar-refractivity contribution is -0.384. The van der Waals surface area contributed by atoms with E-state index in [0.29, 0.717) is 107 Å². The number of aromatic amines is 1. The van der Waals surface area contributed by atoms with Gasteiger partial charge in [-0.1, -0.05) is 37.1 Å². The monoisotopic (exact) mass is 992 g/mol. The minimum atomic E-state index is -4.65. The zero-order valence-electron chi connectivity index (χ0n) is 38.0. The second-order valence-electron chi connectivity index (χ2n) is 18.5. The number of nitrogens with zero attached hydrogens (tertiary/aromatic N) is 5. The highest BCUT2D eigenvalue weighted by molar-refractivity contribution is 7.90. The number of H-pyrrole nitrogens is 1. The van der Waals surface area contributed by atoms with Crippen molar-refractivity contribution < 1.29 is 45.5 Å². The van der Waals surface area contributed by atoms with Crippen LogP contribution in [0.1, 0.15) is 61.0 Å². The van der Waals surface area contributed by atoms with Crippen LogP contribution in [0.15, 0.2) is 83.4 Å². The topological polar surface area (TPSA) is 185 Å². The first kappa shape index (κ1) is 48.1. The second-order valence-corrected chi connectivity index (χ2v) is 20.6. The fourth-order valence-corrected chi connectivity index (χ4v) is 10.6. The second kappa shape index (κ2) is 19.5. The molecule has 1 amide bonds. The number of carbonyl (C=O) groups excluding carboxylic acids is 1. The lowest BCUT2D eigenvalue weighted by atomic mass is 9.72. The number of nitrogens with one attached hydrogen (secondary N) is 3. The molecule has 2 saturated heterocycles. The number of ether oxygens (including phenoxy) is 3. The summed E-state index contributed by atoms with van der Waals surface area (Å²) in [6, 6.07) is 16.5. The van der Waals surface area contributed by atoms with Gasteiger partial charge >= 0.3 is 6.18 Å². The van der Waals surface area contributed by atoms with Crippen molar-refractivity contribution in [3.05, 3.63) is 110 Å². The maximum atomic E-state index is 14.4. The van der Waals surface area contributed by atoms with E-state index in [1.807, 2.05) is 23.1 Å². The van der Waals surface area contributed by atoms with Crippen molar-refractivity contribution in [2.75, 3.05) is 87.4 Å². The summed E-state index contributed by atoms with van der Waals surface area (Å²) in [5.74, 6) is -0.622. The molecule has 3 N–H and O–H groups in total. The number of alkyl halides is 3. The number of pyridine rings is 1. The molecule has 366 valence electrons. The minimum absolute atomic E-state index is 0.0287. The first-order chi connectivity index (χ1) is 32.9. The maximum Gasteiger partial charge on any atom is 0.417 e. The number of sulfonamides is 1. The molecule has 2 aromatic heterocycles. The molecule has 69 heavy (non-hydrogen) atoms. The van der Waals surface area contributed by atoms with Gasteiger partial charge in [-0.3, -0.25) is 19.8 Å². The number of anilines is 4. The van der Waals surface area contributed by atoms with Crippen LogP contribution in [0.4, 0.5) is 41.6 Å². The number of halogens is 4. The normalized spacial score (nSPS) is 19.2. The van der Waals surface area contributed by atoms with Crippen molar-refractivity contribution in [3.8, 4) is 5.88 Å². The minimum Gasteiger partial charge on any atom is -0.476 e. The summed E-state index contributed by atoms with van der Waals surface area (Å²) < 4.78 is 89.0. The van der Waals surface area contributed by atoms with E-state index in [0.717, 1.165) is 41.1 Å². The molecule has 16 nitrogen and oxygen atoms in total. The van der Waals surface area contributed by atoms with E-state index in [-0.39, 0.29) is 34.3 Å². The number of carbonyl (C=O) groups is 1. The Bertz CT molecular complexity index is 2920. The standard InChI is InChI=1S/C48H52ClF3N8O8S/c1-47(2)12-10-32(37(26-47)30-4-8-39(49)38(22-30)48(50,51)52)28-57-15-17-58(18-16-57)33-5-7-36(41(24-33)59-14-3-19-68-46-43(59)23-31-11-13-53-44(31)55-46)45(61)56-69(64,65)35-6-9-40(42(25-35)60(62)63)54-27-34-29-66-20-21-67-34/h4-9,11,13,22-25,34,54H,3,10,12,14-21,26-29H2,1-2H3,(H,53,55)(H,56,61)/t34-/m0/s1. The van der Waals surface area contributed by atoms with E-state index in [2.05, 4.69) is 38.7 Å². The number of hydrogen-bond donors (Lipinski definition) is 3. The highest BCUT2D eigenvalue weighted by Crippen LogP contribution is 2.46. The van der Waals surface area contributed by atoms with Gasteiger partial charge in [0.15, 0.2) is 0 Å². The van der Waals surface area contributed by atoms with Crippen molar-refractivity contribution in [2.24, 2.45) is 5.41 Å². The third-order valence-corrected chi connectivity index (χ3v) is 14.8. The Kier molecular flexibility index (Phi) is 13.6. The Balaban J connectivity index is 0.987. The summed E-state index contributed by atoms with van der Waals surface area (Å²) in [6.45, 7) is 9.37. The number of fused-ring (bicyclic) bond motifs is 2. The molecule has 3 aromatic carbocycles. The fourth-order valence-electron chi connectivity index (χ4n) is 9.42. The van der Waals surface area contributed by atoms with Gasteiger partial charge in [-0.15, -0.1) is 0 Å². The van der Waals surface area contributed by atoms with Crippen LogP contribution in [0.3, 0.4) is 0 Å². The average Bonchev–Trinajstić information content (AvgIpc) is 3.68. The van der Waals surface area contributed by atoms with Crippen molar-refractivity contribution in [1.82, 2.24) is 19.6 Å². The van der Waals surface area contributed by atoms with Gasteiger partial charge in [-0.05, 0) is 96.8 Å². The van der Waals surface area contributed by atoms with Gasteiger partial charge in [0, 0.05) is 69.2 Å². The molecule has 0 spiro atoms. The van der Waals surface area contributed by atoms with Crippen molar-refractivity contribution in [1.29, 1.82) is 0 Å². The Morgan fingerprint density at radius 2 is 1.81 bits per heavy atom. The summed E-state index contributed by atoms with van der Waals surface area (Å²) >= 11 is 6.02. The summed E-state index contributed by atoms with van der Waals surface area (Å²) in [5, 5.41) is 15.6. The molecule has 5 heterocycles. The number of aromatic nitrogens is 2. The molecule has 4 aliphatic rings. The molecule has 3 aliphatic heterocycles. The summed E-state index contributed by atoms with van der Waals surface area (Å²) in [6.07, 6.45) is -0.340. The fraction of sp³-hybridized carbons (Fsp3) is 0.417. The van der Waals surface area contributed by atoms with Crippen molar-refractivity contribution in [3.63, 3.8) is 0 Å². The Morgan fingerprint density at radius 1 is 1.00 bits per heavy atom. The Labute approximate surface area is 401 Å². The quantitative estimate of drug-likeness (QED) is 0.0797. The van der Waals surface area contributed by atoms with Gasteiger partial charge in [0.2, 0.25) is 5.88 Å². The van der Waals surface area contributed by atoms with Crippen LogP contribution in [-0.2, 0) is 25.7 Å². The van der Waals surface area contributed by atoms with Crippen LogP contribution < -0.4 is 24.6 Å². The molecule has 5 aromatic rings. The number of allylic oxidation sites excluding steroid dienone is 1. The average molecular weight is 994 g/mol. The molecule has 0 unspecified atom stereocenters. The van der Waals surface area contributed by atoms with Crippen LogP contribution in [0.25, 0.3) is 16.6 Å². The van der Waals surface area contributed by atoms with Gasteiger partial charge in [0.05, 0.1) is 64.2 Å². The summed E-state index contributed by atoms with van der Waals surface area (Å²) in [7, 11) is -4.65. The molecular weight excluding hydrogens is 941 g/mol. The number of piperazine rings is 1. The van der Waals surface area contributed by atoms with Crippen LogP contribution >= 0.6 is 11.6 Å². The van der Waals surface area contributed by atoms with Crippen LogP contribution in [-0.4, -0.2) is 112 Å². The molecule has 9 rings (SSSR count). The van der Waals surface area contributed by atoms with E-state index in [4.69, 9.17) is 30.8 Å². The van der Waals surface area contributed by atoms with Crippen molar-refractivity contribution >= 4 is 72.6 Å².